The summed E-state index contributed by atoms with van der Waals surface area (Å²) < 4.78 is 10.7. The van der Waals surface area contributed by atoms with Crippen molar-refractivity contribution in [2.75, 3.05) is 31.6 Å². The van der Waals surface area contributed by atoms with Gasteiger partial charge in [-0.25, -0.2) is 0 Å². The van der Waals surface area contributed by atoms with E-state index < -0.39 is 0 Å². The molecule has 1 unspecified atom stereocenters. The first-order chi connectivity index (χ1) is 13.7. The molecule has 6 nitrogen and oxygen atoms in total. The fourth-order valence-electron chi connectivity index (χ4n) is 4.25. The first kappa shape index (κ1) is 18.9. The number of aromatic nitrogens is 1. The number of ether oxygens (including phenoxy) is 1. The first-order valence-electron chi connectivity index (χ1n) is 9.91. The molecule has 0 bridgehead atoms. The quantitative estimate of drug-likeness (QED) is 0.818. The van der Waals surface area contributed by atoms with Crippen molar-refractivity contribution in [2.24, 2.45) is 5.41 Å². The van der Waals surface area contributed by atoms with Crippen LogP contribution in [-0.2, 0) is 9.53 Å². The van der Waals surface area contributed by atoms with Crippen LogP contribution in [0.15, 0.2) is 53.1 Å². The summed E-state index contributed by atoms with van der Waals surface area (Å²) in [6, 6.07) is 11.3. The predicted octanol–water partition coefficient (Wildman–Crippen LogP) is 3.72. The number of carbonyl (C=O) groups is 1. The maximum atomic E-state index is 13.3. The van der Waals surface area contributed by atoms with E-state index in [1.54, 1.807) is 6.07 Å². The van der Waals surface area contributed by atoms with E-state index >= 15 is 0 Å². The highest BCUT2D eigenvalue weighted by molar-refractivity contribution is 5.94. The molecule has 0 saturated carbocycles. The fraction of sp³-hybridized carbons (Fsp3) is 0.455. The number of allylic oxidation sites excluding steroid dienone is 1. The van der Waals surface area contributed by atoms with E-state index in [0.717, 1.165) is 51.1 Å². The lowest BCUT2D eigenvalue weighted by Gasteiger charge is -2.41. The minimum atomic E-state index is -0.388. The monoisotopic (exact) mass is 381 g/mol. The molecule has 0 aliphatic carbocycles. The lowest BCUT2D eigenvalue weighted by Crippen LogP contribution is -2.45. The Morgan fingerprint density at radius 1 is 1.21 bits per heavy atom. The Kier molecular flexibility index (Phi) is 5.59. The third-order valence-electron chi connectivity index (χ3n) is 5.76. The van der Waals surface area contributed by atoms with Gasteiger partial charge in [-0.05, 0) is 37.2 Å². The number of benzene rings is 1. The molecular weight excluding hydrogens is 354 g/mol. The van der Waals surface area contributed by atoms with E-state index in [-0.39, 0.29) is 17.4 Å². The number of hydrogen-bond acceptors (Lipinski definition) is 5. The molecule has 1 aromatic carbocycles. The molecule has 148 valence electrons. The van der Waals surface area contributed by atoms with Gasteiger partial charge < -0.3 is 14.6 Å². The molecule has 0 radical (unpaired) electrons. The van der Waals surface area contributed by atoms with E-state index in [4.69, 9.17) is 9.26 Å². The molecule has 2 aromatic rings. The lowest BCUT2D eigenvalue weighted by atomic mass is 9.77. The smallest absolute Gasteiger partial charge is 0.247 e. The highest BCUT2D eigenvalue weighted by Gasteiger charge is 2.38. The van der Waals surface area contributed by atoms with E-state index in [9.17, 15) is 4.79 Å². The van der Waals surface area contributed by atoms with Crippen molar-refractivity contribution in [1.29, 1.82) is 0 Å². The third kappa shape index (κ3) is 4.18. The summed E-state index contributed by atoms with van der Waals surface area (Å²) in [5.41, 5.74) is 1.15. The molecule has 3 heterocycles. The largest absolute Gasteiger partial charge is 0.381 e. The average Bonchev–Trinajstić information content (AvgIpc) is 3.01. The van der Waals surface area contributed by atoms with Gasteiger partial charge in [-0.2, -0.15) is 0 Å². The van der Waals surface area contributed by atoms with E-state index in [0.29, 0.717) is 11.6 Å². The van der Waals surface area contributed by atoms with Gasteiger partial charge >= 0.3 is 0 Å². The van der Waals surface area contributed by atoms with Crippen molar-refractivity contribution in [3.05, 3.63) is 59.9 Å². The van der Waals surface area contributed by atoms with Gasteiger partial charge in [0.05, 0.1) is 0 Å². The van der Waals surface area contributed by atoms with Gasteiger partial charge in [0, 0.05) is 32.4 Å². The zero-order valence-electron chi connectivity index (χ0n) is 16.3. The summed E-state index contributed by atoms with van der Waals surface area (Å²) in [6.45, 7) is 5.01. The molecule has 4 rings (SSSR count). The number of nitrogens with one attached hydrogen (secondary N) is 1. The highest BCUT2D eigenvalue weighted by atomic mass is 16.5. The highest BCUT2D eigenvalue weighted by Crippen LogP contribution is 2.39. The minimum absolute atomic E-state index is 0.0861. The predicted molar refractivity (Wildman–Crippen MR) is 107 cm³/mol. The summed E-state index contributed by atoms with van der Waals surface area (Å²) in [6.07, 6.45) is 7.55. The Balaban J connectivity index is 1.62. The molecule has 1 saturated heterocycles. The molecule has 1 spiro atoms. The number of hydrogen-bond donors (Lipinski definition) is 1. The molecule has 2 aliphatic heterocycles. The first-order valence-corrected chi connectivity index (χ1v) is 9.91. The maximum Gasteiger partial charge on any atom is 0.247 e. The van der Waals surface area contributed by atoms with Crippen LogP contribution in [0.5, 0.6) is 0 Å². The number of aryl methyl sites for hydroxylation is 1. The second-order valence-corrected chi connectivity index (χ2v) is 7.84. The van der Waals surface area contributed by atoms with Crippen molar-refractivity contribution < 1.29 is 14.1 Å². The van der Waals surface area contributed by atoms with Gasteiger partial charge in [0.2, 0.25) is 5.91 Å². The van der Waals surface area contributed by atoms with Crippen molar-refractivity contribution in [2.45, 2.75) is 32.2 Å². The van der Waals surface area contributed by atoms with Crippen LogP contribution in [0.2, 0.25) is 0 Å². The van der Waals surface area contributed by atoms with Gasteiger partial charge in [0.25, 0.3) is 0 Å². The van der Waals surface area contributed by atoms with E-state index in [1.807, 2.05) is 37.3 Å². The number of carbonyl (C=O) groups excluding carboxylic acids is 1. The standard InChI is InChI=1S/C22H27N3O3/c1-17-15-19(24-28-17)23-21(26)20(18-7-3-2-4-8-18)25-12-6-5-9-22(16-25)10-13-27-14-11-22/h2-8,15,20H,9-14,16H2,1H3,(H,23,24,26). The van der Waals surface area contributed by atoms with Crippen molar-refractivity contribution in [1.82, 2.24) is 10.1 Å². The zero-order valence-corrected chi connectivity index (χ0v) is 16.3. The van der Waals surface area contributed by atoms with Crippen molar-refractivity contribution in [3.8, 4) is 0 Å². The Morgan fingerprint density at radius 3 is 2.71 bits per heavy atom. The molecular formula is C22H27N3O3. The summed E-state index contributed by atoms with van der Waals surface area (Å²) in [7, 11) is 0. The van der Waals surface area contributed by atoms with Gasteiger partial charge in [0.15, 0.2) is 5.82 Å². The normalized spacial score (nSPS) is 20.6. The molecule has 1 aromatic heterocycles. The molecule has 6 heteroatoms. The molecule has 1 N–H and O–H groups in total. The molecule has 1 atom stereocenters. The van der Waals surface area contributed by atoms with E-state index in [2.05, 4.69) is 27.5 Å². The Labute approximate surface area is 165 Å². The summed E-state index contributed by atoms with van der Waals surface area (Å²) >= 11 is 0. The van der Waals surface area contributed by atoms with Crippen LogP contribution in [0.1, 0.15) is 36.6 Å². The SMILES string of the molecule is Cc1cc(NC(=O)C(c2ccccc2)N2CC=CCC3(CCOCC3)C2)no1. The average molecular weight is 381 g/mol. The minimum Gasteiger partial charge on any atom is -0.381 e. The summed E-state index contributed by atoms with van der Waals surface area (Å²) in [5, 5.41) is 6.86. The number of rotatable bonds is 4. The van der Waals surface area contributed by atoms with E-state index in [1.165, 1.54) is 0 Å². The van der Waals surface area contributed by atoms with Crippen LogP contribution in [0.3, 0.4) is 0 Å². The molecule has 1 amide bonds. The Bertz CT molecular complexity index is 825. The van der Waals surface area contributed by atoms with Gasteiger partial charge in [0.1, 0.15) is 11.8 Å². The number of nitrogens with zero attached hydrogens (tertiary/aromatic N) is 2. The Hall–Kier alpha value is -2.44. The Morgan fingerprint density at radius 2 is 2.00 bits per heavy atom. The van der Waals surface area contributed by atoms with Crippen LogP contribution < -0.4 is 5.32 Å². The van der Waals surface area contributed by atoms with Gasteiger partial charge in [-0.15, -0.1) is 0 Å². The van der Waals surface area contributed by atoms with Gasteiger partial charge in [-0.3, -0.25) is 9.69 Å². The topological polar surface area (TPSA) is 67.6 Å². The maximum absolute atomic E-state index is 13.3. The van der Waals surface area contributed by atoms with Crippen LogP contribution in [-0.4, -0.2) is 42.3 Å². The summed E-state index contributed by atoms with van der Waals surface area (Å²) in [4.78, 5) is 15.6. The molecule has 1 fully saturated rings. The van der Waals surface area contributed by atoms with Crippen LogP contribution in [0, 0.1) is 12.3 Å². The second kappa shape index (κ2) is 8.29. The van der Waals surface area contributed by atoms with Crippen molar-refractivity contribution in [3.63, 3.8) is 0 Å². The molecule has 2 aliphatic rings. The van der Waals surface area contributed by atoms with Crippen molar-refractivity contribution >= 4 is 11.7 Å². The zero-order chi connectivity index (χ0) is 19.4. The number of anilines is 1. The third-order valence-corrected chi connectivity index (χ3v) is 5.76. The van der Waals surface area contributed by atoms with Gasteiger partial charge in [-0.1, -0.05) is 47.6 Å². The summed E-state index contributed by atoms with van der Waals surface area (Å²) in [5.74, 6) is 1.04. The molecule has 28 heavy (non-hydrogen) atoms. The van der Waals surface area contributed by atoms with Crippen LogP contribution in [0.4, 0.5) is 5.82 Å². The van der Waals surface area contributed by atoms with Crippen LogP contribution >= 0.6 is 0 Å². The van der Waals surface area contributed by atoms with Crippen LogP contribution in [0.25, 0.3) is 0 Å². The number of amides is 1. The lowest BCUT2D eigenvalue weighted by molar-refractivity contribution is -0.122. The fourth-order valence-corrected chi connectivity index (χ4v) is 4.25. The second-order valence-electron chi connectivity index (χ2n) is 7.84.